The number of carbonyl (C=O) groups is 1. The van der Waals surface area contributed by atoms with E-state index in [1.54, 1.807) is 6.07 Å². The Balaban J connectivity index is 3.35. The Morgan fingerprint density at radius 3 is 2.36 bits per heavy atom. The molecule has 0 rings (SSSR count). The van der Waals surface area contributed by atoms with Crippen LogP contribution in [0.2, 0.25) is 0 Å². The summed E-state index contributed by atoms with van der Waals surface area (Å²) in [5.74, 6) is -1.79. The fourth-order valence-corrected chi connectivity index (χ4v) is 1.37. The van der Waals surface area contributed by atoms with Gasteiger partial charge in [-0.3, -0.25) is 4.79 Å². The van der Waals surface area contributed by atoms with Crippen LogP contribution in [0.25, 0.3) is 0 Å². The third-order valence-corrected chi connectivity index (χ3v) is 2.30. The van der Waals surface area contributed by atoms with Gasteiger partial charge in [-0.05, 0) is 6.42 Å². The van der Waals surface area contributed by atoms with Gasteiger partial charge in [0.05, 0.1) is 6.07 Å². The van der Waals surface area contributed by atoms with Gasteiger partial charge >= 0.3 is 5.97 Å². The molecule has 3 heteroatoms. The number of rotatable bonds is 8. The first-order chi connectivity index (χ1) is 6.72. The highest BCUT2D eigenvalue weighted by Crippen LogP contribution is 2.11. The monoisotopic (exact) mass is 197 g/mol. The summed E-state index contributed by atoms with van der Waals surface area (Å²) in [5, 5.41) is 17.1. The highest BCUT2D eigenvalue weighted by atomic mass is 16.4. The third kappa shape index (κ3) is 6.47. The number of unbranched alkanes of at least 4 members (excludes halogenated alkanes) is 5. The summed E-state index contributed by atoms with van der Waals surface area (Å²) in [6, 6.07) is 1.80. The molecule has 0 aliphatic rings. The predicted octanol–water partition coefficient (Wildman–Crippen LogP) is 2.96. The lowest BCUT2D eigenvalue weighted by Crippen LogP contribution is -2.10. The molecule has 0 amide bonds. The Morgan fingerprint density at radius 1 is 1.29 bits per heavy atom. The molecule has 1 N–H and O–H groups in total. The molecule has 0 aliphatic heterocycles. The van der Waals surface area contributed by atoms with Gasteiger partial charge < -0.3 is 5.11 Å². The van der Waals surface area contributed by atoms with Gasteiger partial charge in [0.25, 0.3) is 0 Å². The lowest BCUT2D eigenvalue weighted by molar-refractivity contribution is -0.140. The van der Waals surface area contributed by atoms with E-state index < -0.39 is 11.9 Å². The Morgan fingerprint density at radius 2 is 1.86 bits per heavy atom. The second-order valence-electron chi connectivity index (χ2n) is 3.58. The molecule has 0 spiro atoms. The van der Waals surface area contributed by atoms with Gasteiger partial charge in [0, 0.05) is 0 Å². The first-order valence-electron chi connectivity index (χ1n) is 5.34. The molecule has 80 valence electrons. The van der Waals surface area contributed by atoms with Gasteiger partial charge in [-0.15, -0.1) is 0 Å². The first-order valence-corrected chi connectivity index (χ1v) is 5.34. The van der Waals surface area contributed by atoms with Crippen molar-refractivity contribution in [2.45, 2.75) is 51.9 Å². The Labute approximate surface area is 85.7 Å². The van der Waals surface area contributed by atoms with Gasteiger partial charge in [0.15, 0.2) is 0 Å². The minimum Gasteiger partial charge on any atom is -0.480 e. The molecule has 0 radical (unpaired) electrons. The summed E-state index contributed by atoms with van der Waals surface area (Å²) in [7, 11) is 0. The average molecular weight is 197 g/mol. The zero-order valence-corrected chi connectivity index (χ0v) is 8.83. The number of carboxylic acids is 1. The fraction of sp³-hybridized carbons (Fsp3) is 0.818. The number of nitriles is 1. The fourth-order valence-electron chi connectivity index (χ4n) is 1.37. The van der Waals surface area contributed by atoms with Crippen LogP contribution in [0.15, 0.2) is 0 Å². The van der Waals surface area contributed by atoms with Crippen molar-refractivity contribution < 1.29 is 9.90 Å². The highest BCUT2D eigenvalue weighted by molar-refractivity contribution is 5.72. The van der Waals surface area contributed by atoms with Crippen LogP contribution in [0, 0.1) is 17.2 Å². The van der Waals surface area contributed by atoms with Gasteiger partial charge in [-0.25, -0.2) is 0 Å². The van der Waals surface area contributed by atoms with Crippen molar-refractivity contribution in [2.75, 3.05) is 0 Å². The number of aliphatic carboxylic acids is 1. The van der Waals surface area contributed by atoms with E-state index in [0.717, 1.165) is 19.3 Å². The smallest absolute Gasteiger partial charge is 0.320 e. The Kier molecular flexibility index (Phi) is 7.92. The van der Waals surface area contributed by atoms with E-state index in [9.17, 15) is 4.79 Å². The van der Waals surface area contributed by atoms with Gasteiger partial charge in [-0.2, -0.15) is 5.26 Å². The predicted molar refractivity (Wildman–Crippen MR) is 54.7 cm³/mol. The van der Waals surface area contributed by atoms with Gasteiger partial charge in [-0.1, -0.05) is 45.4 Å². The maximum absolute atomic E-state index is 10.5. The van der Waals surface area contributed by atoms with Crippen molar-refractivity contribution in [1.29, 1.82) is 5.26 Å². The zero-order valence-electron chi connectivity index (χ0n) is 8.83. The van der Waals surface area contributed by atoms with Crippen molar-refractivity contribution >= 4 is 5.97 Å². The van der Waals surface area contributed by atoms with Crippen molar-refractivity contribution in [3.05, 3.63) is 0 Å². The molecule has 0 aromatic heterocycles. The molecule has 0 aromatic rings. The van der Waals surface area contributed by atoms with Crippen molar-refractivity contribution in [2.24, 2.45) is 5.92 Å². The molecule has 0 heterocycles. The first kappa shape index (κ1) is 13.0. The summed E-state index contributed by atoms with van der Waals surface area (Å²) >= 11 is 0. The number of nitrogens with zero attached hydrogens (tertiary/aromatic N) is 1. The van der Waals surface area contributed by atoms with Crippen molar-refractivity contribution in [3.63, 3.8) is 0 Å². The molecule has 0 bridgehead atoms. The van der Waals surface area contributed by atoms with Crippen LogP contribution in [-0.2, 0) is 4.79 Å². The molecular formula is C11H19NO2. The number of hydrogen-bond acceptors (Lipinski definition) is 2. The lowest BCUT2D eigenvalue weighted by atomic mass is 10.0. The van der Waals surface area contributed by atoms with E-state index in [2.05, 4.69) is 6.92 Å². The summed E-state index contributed by atoms with van der Waals surface area (Å²) < 4.78 is 0. The summed E-state index contributed by atoms with van der Waals surface area (Å²) in [6.45, 7) is 2.16. The highest BCUT2D eigenvalue weighted by Gasteiger charge is 2.14. The van der Waals surface area contributed by atoms with E-state index in [0.29, 0.717) is 6.42 Å². The van der Waals surface area contributed by atoms with E-state index >= 15 is 0 Å². The lowest BCUT2D eigenvalue weighted by Gasteiger charge is -2.03. The van der Waals surface area contributed by atoms with Crippen LogP contribution in [0.5, 0.6) is 0 Å². The molecule has 0 aromatic carbocycles. The molecule has 1 atom stereocenters. The van der Waals surface area contributed by atoms with E-state index in [1.807, 2.05) is 0 Å². The van der Waals surface area contributed by atoms with E-state index in [1.165, 1.54) is 19.3 Å². The SMILES string of the molecule is CCCCCCCC[C@@H](C#N)C(=O)O. The molecular weight excluding hydrogens is 178 g/mol. The average Bonchev–Trinajstić information content (AvgIpc) is 2.16. The second-order valence-corrected chi connectivity index (χ2v) is 3.58. The normalized spacial score (nSPS) is 12.0. The zero-order chi connectivity index (χ0) is 10.8. The molecule has 0 unspecified atom stereocenters. The Bertz CT molecular complexity index is 196. The molecule has 0 saturated carbocycles. The van der Waals surface area contributed by atoms with Crippen LogP contribution in [0.1, 0.15) is 51.9 Å². The molecule has 3 nitrogen and oxygen atoms in total. The maximum Gasteiger partial charge on any atom is 0.320 e. The summed E-state index contributed by atoms with van der Waals surface area (Å²) in [4.78, 5) is 10.5. The van der Waals surface area contributed by atoms with Crippen LogP contribution in [-0.4, -0.2) is 11.1 Å². The van der Waals surface area contributed by atoms with Crippen molar-refractivity contribution in [3.8, 4) is 6.07 Å². The van der Waals surface area contributed by atoms with Crippen molar-refractivity contribution in [1.82, 2.24) is 0 Å². The Hall–Kier alpha value is -1.04. The van der Waals surface area contributed by atoms with E-state index in [-0.39, 0.29) is 0 Å². The van der Waals surface area contributed by atoms with Crippen LogP contribution in [0.3, 0.4) is 0 Å². The quantitative estimate of drug-likeness (QED) is 0.608. The van der Waals surface area contributed by atoms with Crippen LogP contribution >= 0.6 is 0 Å². The minimum atomic E-state index is -0.985. The molecule has 0 saturated heterocycles. The van der Waals surface area contributed by atoms with E-state index in [4.69, 9.17) is 10.4 Å². The van der Waals surface area contributed by atoms with Gasteiger partial charge in [0.2, 0.25) is 0 Å². The molecule has 0 aliphatic carbocycles. The van der Waals surface area contributed by atoms with Crippen LogP contribution < -0.4 is 0 Å². The van der Waals surface area contributed by atoms with Gasteiger partial charge in [0.1, 0.15) is 5.92 Å². The minimum absolute atomic E-state index is 0.498. The number of carboxylic acid groups (broad SMARTS) is 1. The topological polar surface area (TPSA) is 61.1 Å². The third-order valence-electron chi connectivity index (χ3n) is 2.30. The maximum atomic E-state index is 10.5. The summed E-state index contributed by atoms with van der Waals surface area (Å²) in [5.41, 5.74) is 0. The number of hydrogen-bond donors (Lipinski definition) is 1. The van der Waals surface area contributed by atoms with Crippen LogP contribution in [0.4, 0.5) is 0 Å². The summed E-state index contributed by atoms with van der Waals surface area (Å²) in [6.07, 6.45) is 7.25. The molecule has 14 heavy (non-hydrogen) atoms. The molecule has 0 fully saturated rings. The standard InChI is InChI=1S/C11H19NO2/c1-2-3-4-5-6-7-8-10(9-12)11(13)14/h10H,2-8H2,1H3,(H,13,14)/t10-/m0/s1. The largest absolute Gasteiger partial charge is 0.480 e. The second kappa shape index (κ2) is 8.55.